The monoisotopic (exact) mass is 365 g/mol. The van der Waals surface area contributed by atoms with Crippen molar-refractivity contribution in [3.8, 4) is 0 Å². The van der Waals surface area contributed by atoms with E-state index in [0.717, 1.165) is 6.26 Å². The van der Waals surface area contributed by atoms with Crippen molar-refractivity contribution in [1.82, 2.24) is 15.5 Å². The predicted molar refractivity (Wildman–Crippen MR) is 89.5 cm³/mol. The van der Waals surface area contributed by atoms with Crippen LogP contribution in [0.5, 0.6) is 0 Å². The van der Waals surface area contributed by atoms with E-state index in [2.05, 4.69) is 10.6 Å². The predicted octanol–water partition coefficient (Wildman–Crippen LogP) is 0.0454. The fraction of sp³-hybridized carbons (Fsp3) is 0.438. The molecule has 2 fully saturated rings. The normalized spacial score (nSPS) is 19.6. The van der Waals surface area contributed by atoms with Gasteiger partial charge in [0.15, 0.2) is 9.84 Å². The molecule has 134 valence electrons. The van der Waals surface area contributed by atoms with Gasteiger partial charge in [-0.25, -0.2) is 13.2 Å². The van der Waals surface area contributed by atoms with Gasteiger partial charge < -0.3 is 10.2 Å². The number of hydrogen-bond acceptors (Lipinski definition) is 5. The molecule has 0 unspecified atom stereocenters. The fourth-order valence-corrected chi connectivity index (χ4v) is 4.00. The number of likely N-dealkylation sites (tertiary alicyclic amines) is 1. The number of amides is 4. The van der Waals surface area contributed by atoms with Crippen molar-refractivity contribution in [3.63, 3.8) is 0 Å². The van der Waals surface area contributed by atoms with Crippen molar-refractivity contribution < 1.29 is 22.8 Å². The van der Waals surface area contributed by atoms with Gasteiger partial charge >= 0.3 is 6.03 Å². The lowest BCUT2D eigenvalue weighted by molar-refractivity contribution is -0.125. The minimum absolute atomic E-state index is 0.0670. The third-order valence-electron chi connectivity index (χ3n) is 4.55. The van der Waals surface area contributed by atoms with Gasteiger partial charge in [0.2, 0.25) is 0 Å². The average Bonchev–Trinajstić information content (AvgIpc) is 2.80. The van der Waals surface area contributed by atoms with Gasteiger partial charge in [0, 0.05) is 24.9 Å². The maximum absolute atomic E-state index is 12.6. The number of nitrogens with zero attached hydrogens (tertiary/aromatic N) is 1. The van der Waals surface area contributed by atoms with E-state index in [1.807, 2.05) is 0 Å². The molecule has 1 aromatic rings. The summed E-state index contributed by atoms with van der Waals surface area (Å²) in [6, 6.07) is 5.98. The molecule has 0 bridgehead atoms. The van der Waals surface area contributed by atoms with Crippen molar-refractivity contribution in [1.29, 1.82) is 0 Å². The Labute approximate surface area is 145 Å². The fourth-order valence-electron chi connectivity index (χ4n) is 3.20. The molecule has 0 aliphatic carbocycles. The first-order valence-electron chi connectivity index (χ1n) is 7.88. The Kier molecular flexibility index (Phi) is 4.28. The van der Waals surface area contributed by atoms with Crippen LogP contribution < -0.4 is 10.6 Å². The Balaban J connectivity index is 1.65. The Hall–Kier alpha value is -2.42. The van der Waals surface area contributed by atoms with E-state index in [0.29, 0.717) is 37.1 Å². The van der Waals surface area contributed by atoms with E-state index in [9.17, 15) is 22.8 Å². The number of benzene rings is 1. The first-order valence-corrected chi connectivity index (χ1v) is 9.94. The standard InChI is InChI=1S/C16H19N3O5S/c1-25(23,24)10-11-2-4-12(5-3-11)13(20)19-8-6-16(7-9-19)14(21)17-15(22)18-16/h2-5H,6-10H2,1H3,(H2,17,18,21,22). The zero-order valence-corrected chi connectivity index (χ0v) is 14.6. The molecule has 1 spiro atoms. The van der Waals surface area contributed by atoms with Crippen molar-refractivity contribution in [2.24, 2.45) is 0 Å². The number of piperidine rings is 1. The molecule has 2 aliphatic rings. The minimum atomic E-state index is -3.12. The van der Waals surface area contributed by atoms with Gasteiger partial charge in [-0.2, -0.15) is 0 Å². The number of carbonyl (C=O) groups excluding carboxylic acids is 3. The molecule has 0 atom stereocenters. The molecule has 0 saturated carbocycles. The maximum atomic E-state index is 12.6. The summed E-state index contributed by atoms with van der Waals surface area (Å²) in [4.78, 5) is 37.4. The Morgan fingerprint density at radius 2 is 1.76 bits per heavy atom. The highest BCUT2D eigenvalue weighted by molar-refractivity contribution is 7.89. The second kappa shape index (κ2) is 6.14. The lowest BCUT2D eigenvalue weighted by Crippen LogP contribution is -2.55. The maximum Gasteiger partial charge on any atom is 0.322 e. The third-order valence-corrected chi connectivity index (χ3v) is 5.41. The summed E-state index contributed by atoms with van der Waals surface area (Å²) in [5.74, 6) is -0.581. The lowest BCUT2D eigenvalue weighted by atomic mass is 9.87. The largest absolute Gasteiger partial charge is 0.338 e. The highest BCUT2D eigenvalue weighted by Gasteiger charge is 2.48. The Morgan fingerprint density at radius 1 is 1.16 bits per heavy atom. The molecule has 2 aliphatic heterocycles. The molecule has 0 aromatic heterocycles. The number of urea groups is 1. The topological polar surface area (TPSA) is 113 Å². The van der Waals surface area contributed by atoms with Crippen LogP contribution in [-0.2, 0) is 20.4 Å². The van der Waals surface area contributed by atoms with E-state index in [4.69, 9.17) is 0 Å². The van der Waals surface area contributed by atoms with Gasteiger partial charge in [0.1, 0.15) is 5.54 Å². The number of sulfone groups is 1. The average molecular weight is 365 g/mol. The van der Waals surface area contributed by atoms with Crippen molar-refractivity contribution in [3.05, 3.63) is 35.4 Å². The van der Waals surface area contributed by atoms with Gasteiger partial charge in [-0.05, 0) is 30.5 Å². The summed E-state index contributed by atoms with van der Waals surface area (Å²) in [7, 11) is -3.12. The molecule has 2 heterocycles. The summed E-state index contributed by atoms with van der Waals surface area (Å²) in [6.45, 7) is 0.718. The molecule has 3 rings (SSSR count). The van der Waals surface area contributed by atoms with Crippen LogP contribution in [-0.4, -0.2) is 56.0 Å². The summed E-state index contributed by atoms with van der Waals surface area (Å²) >= 11 is 0. The SMILES string of the molecule is CS(=O)(=O)Cc1ccc(C(=O)N2CCC3(CC2)NC(=O)NC3=O)cc1. The van der Waals surface area contributed by atoms with Gasteiger partial charge in [0.25, 0.3) is 11.8 Å². The first-order chi connectivity index (χ1) is 11.7. The van der Waals surface area contributed by atoms with Crippen LogP contribution in [0, 0.1) is 0 Å². The van der Waals surface area contributed by atoms with Gasteiger partial charge in [0.05, 0.1) is 5.75 Å². The van der Waals surface area contributed by atoms with E-state index in [-0.39, 0.29) is 17.6 Å². The smallest absolute Gasteiger partial charge is 0.322 e. The molecule has 0 radical (unpaired) electrons. The molecular weight excluding hydrogens is 346 g/mol. The molecule has 9 heteroatoms. The van der Waals surface area contributed by atoms with E-state index >= 15 is 0 Å². The zero-order valence-electron chi connectivity index (χ0n) is 13.7. The van der Waals surface area contributed by atoms with Crippen LogP contribution in [0.4, 0.5) is 4.79 Å². The Morgan fingerprint density at radius 3 is 2.24 bits per heavy atom. The van der Waals surface area contributed by atoms with Crippen molar-refractivity contribution >= 4 is 27.7 Å². The number of carbonyl (C=O) groups is 3. The number of rotatable bonds is 3. The van der Waals surface area contributed by atoms with Crippen LogP contribution >= 0.6 is 0 Å². The van der Waals surface area contributed by atoms with E-state index in [1.165, 1.54) is 0 Å². The first kappa shape index (κ1) is 17.4. The van der Waals surface area contributed by atoms with Crippen LogP contribution in [0.15, 0.2) is 24.3 Å². The van der Waals surface area contributed by atoms with Gasteiger partial charge in [-0.1, -0.05) is 12.1 Å². The molecule has 2 N–H and O–H groups in total. The zero-order chi connectivity index (χ0) is 18.2. The number of imide groups is 1. The van der Waals surface area contributed by atoms with Gasteiger partial charge in [-0.3, -0.25) is 14.9 Å². The highest BCUT2D eigenvalue weighted by Crippen LogP contribution is 2.26. The molecule has 4 amide bonds. The van der Waals surface area contributed by atoms with E-state index < -0.39 is 21.4 Å². The molecule has 25 heavy (non-hydrogen) atoms. The highest BCUT2D eigenvalue weighted by atomic mass is 32.2. The summed E-state index contributed by atoms with van der Waals surface area (Å²) in [6.07, 6.45) is 1.89. The minimum Gasteiger partial charge on any atom is -0.338 e. The lowest BCUT2D eigenvalue weighted by Gasteiger charge is -2.37. The molecular formula is C16H19N3O5S. The molecule has 8 nitrogen and oxygen atoms in total. The summed E-state index contributed by atoms with van der Waals surface area (Å²) in [5, 5.41) is 4.89. The number of nitrogens with one attached hydrogen (secondary N) is 2. The van der Waals surface area contributed by atoms with Crippen LogP contribution in [0.3, 0.4) is 0 Å². The second-order valence-corrected chi connectivity index (χ2v) is 8.69. The quantitative estimate of drug-likeness (QED) is 0.735. The van der Waals surface area contributed by atoms with Crippen molar-refractivity contribution in [2.45, 2.75) is 24.1 Å². The second-order valence-electron chi connectivity index (χ2n) is 6.55. The van der Waals surface area contributed by atoms with Crippen molar-refractivity contribution in [2.75, 3.05) is 19.3 Å². The summed E-state index contributed by atoms with van der Waals surface area (Å²) in [5.41, 5.74) is 0.183. The van der Waals surface area contributed by atoms with Crippen LogP contribution in [0.1, 0.15) is 28.8 Å². The Bertz CT molecular complexity index is 824. The summed E-state index contributed by atoms with van der Waals surface area (Å²) < 4.78 is 22.6. The third kappa shape index (κ3) is 3.65. The molecule has 1 aromatic carbocycles. The van der Waals surface area contributed by atoms with Crippen LogP contribution in [0.25, 0.3) is 0 Å². The number of hydrogen-bond donors (Lipinski definition) is 2. The van der Waals surface area contributed by atoms with Gasteiger partial charge in [-0.15, -0.1) is 0 Å². The molecule has 2 saturated heterocycles. The van der Waals surface area contributed by atoms with E-state index in [1.54, 1.807) is 29.2 Å². The van der Waals surface area contributed by atoms with Crippen LogP contribution in [0.2, 0.25) is 0 Å².